The van der Waals surface area contributed by atoms with Gasteiger partial charge in [0.25, 0.3) is 0 Å². The molecule has 2 heterocycles. The predicted octanol–water partition coefficient (Wildman–Crippen LogP) is 16.7. The molecule has 2 aromatic heterocycles. The lowest BCUT2D eigenvalue weighted by Crippen LogP contribution is -2.46. The van der Waals surface area contributed by atoms with E-state index in [9.17, 15) is 0 Å². The van der Waals surface area contributed by atoms with Crippen LogP contribution in [0.5, 0.6) is 0 Å². The van der Waals surface area contributed by atoms with Crippen LogP contribution in [0.2, 0.25) is 0 Å². The molecule has 0 aliphatic heterocycles. The summed E-state index contributed by atoms with van der Waals surface area (Å²) in [5.41, 5.74) is 9.91. The van der Waals surface area contributed by atoms with Crippen molar-refractivity contribution in [2.75, 3.05) is 9.80 Å². The van der Waals surface area contributed by atoms with Gasteiger partial charge in [-0.05, 0) is 108 Å². The highest BCUT2D eigenvalue weighted by molar-refractivity contribution is 6.18. The van der Waals surface area contributed by atoms with E-state index in [-0.39, 0.29) is 11.8 Å². The van der Waals surface area contributed by atoms with E-state index < -0.39 is 11.3 Å². The fourth-order valence-electron chi connectivity index (χ4n) is 11.4. The summed E-state index contributed by atoms with van der Waals surface area (Å²) in [6.07, 6.45) is 19.4. The number of hydrogen-bond acceptors (Lipinski definition) is 2. The quantitative estimate of drug-likeness (QED) is 0.127. The second kappa shape index (κ2) is 17.0. The number of hydrogen-bond donors (Lipinski definition) is 0. The normalized spacial score (nSPS) is 19.6. The maximum atomic E-state index is 2.60. The SMILES string of the molecule is C1=CC(N(c2ccccc2)c2ccccc2)(n2c3ccccc3c3cc4c(cc32)c2ccccc2n4C2(N(c3ccccc3)c3ccccc3)C=CC(c3ccccc3)C=C2)C=CC1c1ccccc1. The highest BCUT2D eigenvalue weighted by Gasteiger charge is 2.42. The Kier molecular flexibility index (Phi) is 10.1. The summed E-state index contributed by atoms with van der Waals surface area (Å²) in [6.45, 7) is 0. The molecule has 0 saturated heterocycles. The lowest BCUT2D eigenvalue weighted by atomic mass is 9.88. The highest BCUT2D eigenvalue weighted by Crippen LogP contribution is 2.50. The average molecular weight is 899 g/mol. The summed E-state index contributed by atoms with van der Waals surface area (Å²) < 4.78 is 5.19. The number of aromatic nitrogens is 2. The molecule has 0 atom stereocenters. The van der Waals surface area contributed by atoms with Gasteiger partial charge in [-0.2, -0.15) is 0 Å². The molecule has 0 bridgehead atoms. The van der Waals surface area contributed by atoms with Crippen LogP contribution in [0.15, 0.2) is 291 Å². The van der Waals surface area contributed by atoms with Crippen molar-refractivity contribution in [2.24, 2.45) is 0 Å². The zero-order valence-electron chi connectivity index (χ0n) is 38.7. The third-order valence-corrected chi connectivity index (χ3v) is 14.5. The second-order valence-electron chi connectivity index (χ2n) is 18.5. The van der Waals surface area contributed by atoms with Crippen molar-refractivity contribution >= 4 is 66.4 Å². The molecule has 0 radical (unpaired) electrons. The van der Waals surface area contributed by atoms with E-state index in [2.05, 4.69) is 310 Å². The van der Waals surface area contributed by atoms with Gasteiger partial charge in [-0.25, -0.2) is 0 Å². The van der Waals surface area contributed by atoms with E-state index in [1.807, 2.05) is 0 Å². The maximum Gasteiger partial charge on any atom is 0.160 e. The Morgan fingerprint density at radius 2 is 0.543 bits per heavy atom. The molecular formula is C66H50N4. The first-order valence-electron chi connectivity index (χ1n) is 24.4. The van der Waals surface area contributed by atoms with Gasteiger partial charge in [-0.15, -0.1) is 0 Å². The molecule has 0 saturated carbocycles. The van der Waals surface area contributed by atoms with E-state index in [1.54, 1.807) is 0 Å². The van der Waals surface area contributed by atoms with Crippen molar-refractivity contribution in [3.63, 3.8) is 0 Å². The molecule has 0 fully saturated rings. The van der Waals surface area contributed by atoms with E-state index in [4.69, 9.17) is 0 Å². The van der Waals surface area contributed by atoms with Crippen LogP contribution in [0.3, 0.4) is 0 Å². The van der Waals surface area contributed by atoms with Gasteiger partial charge in [0.2, 0.25) is 0 Å². The molecule has 0 amide bonds. The molecule has 0 N–H and O–H groups in total. The van der Waals surface area contributed by atoms with Gasteiger partial charge in [0.1, 0.15) is 0 Å². The minimum absolute atomic E-state index is 0.118. The average Bonchev–Trinajstić information content (AvgIpc) is 3.95. The number of fused-ring (bicyclic) bond motifs is 6. The van der Waals surface area contributed by atoms with Gasteiger partial charge >= 0.3 is 0 Å². The predicted molar refractivity (Wildman–Crippen MR) is 293 cm³/mol. The summed E-state index contributed by atoms with van der Waals surface area (Å²) in [4.78, 5) is 5.02. The van der Waals surface area contributed by atoms with E-state index in [0.717, 1.165) is 44.8 Å². The smallest absolute Gasteiger partial charge is 0.160 e. The van der Waals surface area contributed by atoms with Crippen molar-refractivity contribution in [2.45, 2.75) is 23.2 Å². The van der Waals surface area contributed by atoms with Crippen LogP contribution in [0, 0.1) is 0 Å². The van der Waals surface area contributed by atoms with Crippen LogP contribution < -0.4 is 9.80 Å². The van der Waals surface area contributed by atoms with Crippen LogP contribution in [0.25, 0.3) is 43.6 Å². The Morgan fingerprint density at radius 3 is 0.857 bits per heavy atom. The Morgan fingerprint density at radius 1 is 0.271 bits per heavy atom. The Balaban J connectivity index is 1.12. The molecule has 11 aromatic rings. The standard InChI is InChI=1S/C66H50N4/c1-7-23-49(24-8-1)51-39-43-65(44-40-51,67(53-27-11-3-12-28-53)54-29-13-4-14-30-54)69-61-37-21-19-35-57(61)59-48-64-60(47-63(59)69)58-36-20-22-38-62(58)70(64)66(45-41-52(42-46-66)50-25-9-2-10-26-50)68(55-31-15-5-16-32-55)56-33-17-6-18-34-56/h1-48,51-52H. The summed E-state index contributed by atoms with van der Waals surface area (Å²) in [5.74, 6) is 0.235. The summed E-state index contributed by atoms with van der Waals surface area (Å²) in [7, 11) is 0. The molecule has 13 rings (SSSR count). The third kappa shape index (κ3) is 6.67. The number of benzene rings is 9. The first-order chi connectivity index (χ1) is 34.7. The number of nitrogens with zero attached hydrogens (tertiary/aromatic N) is 4. The minimum atomic E-state index is -0.804. The van der Waals surface area contributed by atoms with Gasteiger partial charge in [0, 0.05) is 56.1 Å². The molecule has 334 valence electrons. The first kappa shape index (κ1) is 41.3. The topological polar surface area (TPSA) is 16.3 Å². The summed E-state index contributed by atoms with van der Waals surface area (Å²) >= 11 is 0. The number of allylic oxidation sites excluding steroid dienone is 4. The molecule has 0 spiro atoms. The van der Waals surface area contributed by atoms with E-state index in [1.165, 1.54) is 32.7 Å². The molecule has 9 aromatic carbocycles. The van der Waals surface area contributed by atoms with Crippen molar-refractivity contribution in [3.05, 3.63) is 302 Å². The van der Waals surface area contributed by atoms with Crippen molar-refractivity contribution in [3.8, 4) is 0 Å². The maximum absolute atomic E-state index is 2.60. The fourth-order valence-corrected chi connectivity index (χ4v) is 11.4. The van der Waals surface area contributed by atoms with Gasteiger partial charge in [0.15, 0.2) is 11.3 Å². The first-order valence-corrected chi connectivity index (χ1v) is 24.4. The fraction of sp³-hybridized carbons (Fsp3) is 0.0606. The molecule has 70 heavy (non-hydrogen) atoms. The number of rotatable bonds is 10. The van der Waals surface area contributed by atoms with E-state index in [0.29, 0.717) is 0 Å². The van der Waals surface area contributed by atoms with Gasteiger partial charge in [0.05, 0.1) is 22.1 Å². The second-order valence-corrected chi connectivity index (χ2v) is 18.5. The van der Waals surface area contributed by atoms with E-state index >= 15 is 0 Å². The van der Waals surface area contributed by atoms with Crippen LogP contribution in [0.1, 0.15) is 23.0 Å². The van der Waals surface area contributed by atoms with Gasteiger partial charge in [-0.3, -0.25) is 0 Å². The summed E-state index contributed by atoms with van der Waals surface area (Å²) in [6, 6.07) is 88.0. The zero-order chi connectivity index (χ0) is 46.5. The molecule has 0 unspecified atom stereocenters. The molecule has 2 aliphatic rings. The molecule has 4 nitrogen and oxygen atoms in total. The zero-order valence-corrected chi connectivity index (χ0v) is 38.7. The lowest BCUT2D eigenvalue weighted by Gasteiger charge is -2.45. The minimum Gasteiger partial charge on any atom is -0.311 e. The Bertz CT molecular complexity index is 3420. The van der Waals surface area contributed by atoms with Crippen LogP contribution in [-0.2, 0) is 11.3 Å². The Hall–Kier alpha value is -8.86. The van der Waals surface area contributed by atoms with Crippen molar-refractivity contribution in [1.29, 1.82) is 0 Å². The molecule has 2 aliphatic carbocycles. The lowest BCUT2D eigenvalue weighted by molar-refractivity contribution is 0.493. The van der Waals surface area contributed by atoms with Crippen LogP contribution in [-0.4, -0.2) is 9.13 Å². The van der Waals surface area contributed by atoms with Crippen LogP contribution in [0.4, 0.5) is 22.7 Å². The largest absolute Gasteiger partial charge is 0.311 e. The summed E-state index contributed by atoms with van der Waals surface area (Å²) in [5, 5.41) is 4.76. The van der Waals surface area contributed by atoms with Crippen molar-refractivity contribution < 1.29 is 0 Å². The Labute approximate surface area is 408 Å². The highest BCUT2D eigenvalue weighted by atomic mass is 15.4. The van der Waals surface area contributed by atoms with Crippen LogP contribution >= 0.6 is 0 Å². The third-order valence-electron chi connectivity index (χ3n) is 14.5. The monoisotopic (exact) mass is 898 g/mol. The van der Waals surface area contributed by atoms with Gasteiger partial charge < -0.3 is 18.9 Å². The number of anilines is 4. The molecular weight excluding hydrogens is 849 g/mol. The number of para-hydroxylation sites is 6. The van der Waals surface area contributed by atoms with Crippen molar-refractivity contribution in [1.82, 2.24) is 9.13 Å². The van der Waals surface area contributed by atoms with Gasteiger partial charge in [-0.1, -0.05) is 194 Å². The molecule has 4 heteroatoms.